The van der Waals surface area contributed by atoms with Gasteiger partial charge in [-0.3, -0.25) is 9.36 Å². The van der Waals surface area contributed by atoms with E-state index < -0.39 is 18.7 Å². The molecule has 0 aliphatic carbocycles. The van der Waals surface area contributed by atoms with Crippen LogP contribution in [-0.4, -0.2) is 43.4 Å². The molecule has 0 aliphatic rings. The molecule has 0 radical (unpaired) electrons. The topological polar surface area (TPSA) is 116 Å². The molecule has 0 aromatic carbocycles. The van der Waals surface area contributed by atoms with Crippen LogP contribution in [0.25, 0.3) is 11.2 Å². The van der Waals surface area contributed by atoms with Gasteiger partial charge in [0.1, 0.15) is 11.7 Å². The molecule has 0 saturated carbocycles. The number of nitrogen functional groups attached to an aromatic ring is 1. The molecule has 0 spiro atoms. The summed E-state index contributed by atoms with van der Waals surface area (Å²) in [6.45, 7) is 2.98. The summed E-state index contributed by atoms with van der Waals surface area (Å²) >= 11 is 0. The Kier molecular flexibility index (Phi) is 4.43. The number of aldehydes is 1. The molecule has 1 unspecified atom stereocenters. The molecule has 0 amide bonds. The zero-order chi connectivity index (χ0) is 15.6. The number of carbonyl (C=O) groups excluding carboxylic acids is 1. The van der Waals surface area contributed by atoms with Crippen LogP contribution in [0.15, 0.2) is 6.33 Å². The highest BCUT2D eigenvalue weighted by Crippen LogP contribution is 2.25. The second-order valence-corrected chi connectivity index (χ2v) is 4.48. The molecule has 3 atom stereocenters. The van der Waals surface area contributed by atoms with Gasteiger partial charge in [0.15, 0.2) is 36.1 Å². The number of imidazole rings is 1. The van der Waals surface area contributed by atoms with Crippen molar-refractivity contribution in [2.45, 2.75) is 39.0 Å². The molecule has 8 nitrogen and oxygen atoms in total. The number of alkyl halides is 1. The summed E-state index contributed by atoms with van der Waals surface area (Å²) in [4.78, 5) is 22.5. The minimum atomic E-state index is -1.44. The zero-order valence-electron chi connectivity index (χ0n) is 11.6. The van der Waals surface area contributed by atoms with Crippen LogP contribution >= 0.6 is 0 Å². The number of aliphatic hydroxyl groups is 1. The third-order valence-electron chi connectivity index (χ3n) is 2.88. The number of aromatic nitrogens is 4. The molecule has 0 saturated heterocycles. The van der Waals surface area contributed by atoms with Gasteiger partial charge in [0.05, 0.1) is 6.33 Å². The van der Waals surface area contributed by atoms with Crippen LogP contribution in [0.5, 0.6) is 0 Å². The first-order valence-electron chi connectivity index (χ1n) is 6.40. The Bertz CT molecular complexity index is 645. The van der Waals surface area contributed by atoms with E-state index in [4.69, 9.17) is 10.5 Å². The number of hydrogen-bond donors (Lipinski definition) is 2. The van der Waals surface area contributed by atoms with E-state index in [0.717, 1.165) is 0 Å². The first-order valence-corrected chi connectivity index (χ1v) is 6.40. The van der Waals surface area contributed by atoms with Crippen LogP contribution in [0.1, 0.15) is 37.1 Å². The monoisotopic (exact) mass is 297 g/mol. The summed E-state index contributed by atoms with van der Waals surface area (Å²) in [6.07, 6.45) is -1.70. The number of carbonyl (C=O) groups is 1. The number of aliphatic hydroxyl groups excluding tert-OH is 1. The zero-order valence-corrected chi connectivity index (χ0v) is 11.6. The second kappa shape index (κ2) is 6.10. The van der Waals surface area contributed by atoms with E-state index in [1.54, 1.807) is 6.92 Å². The van der Waals surface area contributed by atoms with E-state index >= 15 is 0 Å². The molecule has 21 heavy (non-hydrogen) atoms. The van der Waals surface area contributed by atoms with Crippen LogP contribution in [-0.2, 0) is 4.74 Å². The van der Waals surface area contributed by atoms with Crippen molar-refractivity contribution < 1.29 is 19.0 Å². The Morgan fingerprint density at radius 1 is 1.57 bits per heavy atom. The predicted octanol–water partition coefficient (Wildman–Crippen LogP) is 0.823. The third-order valence-corrected chi connectivity index (χ3v) is 2.88. The Morgan fingerprint density at radius 2 is 2.29 bits per heavy atom. The minimum absolute atomic E-state index is 0.0159. The molecule has 114 valence electrons. The maximum absolute atomic E-state index is 13.8. The standard InChI is InChI=1S/C12H16FN5O3/c1-3-8(20)21-12(6(2)13)18-5-15-9-10(14)16-7(4-19)17-11(9)18/h4-6,8,12,20H,3H2,1-2H3,(H2,14,16,17)/t6-,8?,12+/m0/s1. The predicted molar refractivity (Wildman–Crippen MR) is 72.1 cm³/mol. The number of hydrogen-bond acceptors (Lipinski definition) is 7. The highest BCUT2D eigenvalue weighted by molar-refractivity contribution is 5.84. The van der Waals surface area contributed by atoms with Gasteiger partial charge in [0, 0.05) is 0 Å². The van der Waals surface area contributed by atoms with E-state index in [9.17, 15) is 14.3 Å². The van der Waals surface area contributed by atoms with Gasteiger partial charge >= 0.3 is 0 Å². The Balaban J connectivity index is 2.52. The highest BCUT2D eigenvalue weighted by atomic mass is 19.1. The van der Waals surface area contributed by atoms with Gasteiger partial charge in [0.25, 0.3) is 0 Å². The number of fused-ring (bicyclic) bond motifs is 1. The average molecular weight is 297 g/mol. The maximum atomic E-state index is 13.8. The van der Waals surface area contributed by atoms with Crippen molar-refractivity contribution in [2.24, 2.45) is 0 Å². The number of nitrogens with two attached hydrogens (primary N) is 1. The molecule has 3 N–H and O–H groups in total. The van der Waals surface area contributed by atoms with Crippen molar-refractivity contribution in [3.8, 4) is 0 Å². The molecule has 0 fully saturated rings. The summed E-state index contributed by atoms with van der Waals surface area (Å²) < 4.78 is 20.3. The lowest BCUT2D eigenvalue weighted by molar-refractivity contribution is -0.178. The molecule has 2 heterocycles. The fourth-order valence-electron chi connectivity index (χ4n) is 1.85. The van der Waals surface area contributed by atoms with E-state index in [2.05, 4.69) is 15.0 Å². The van der Waals surface area contributed by atoms with Gasteiger partial charge in [0.2, 0.25) is 0 Å². The maximum Gasteiger partial charge on any atom is 0.196 e. The molecular weight excluding hydrogens is 281 g/mol. The largest absolute Gasteiger partial charge is 0.382 e. The van der Waals surface area contributed by atoms with Crippen molar-refractivity contribution in [3.05, 3.63) is 12.2 Å². The van der Waals surface area contributed by atoms with Crippen molar-refractivity contribution in [2.75, 3.05) is 5.73 Å². The quantitative estimate of drug-likeness (QED) is 0.599. The normalized spacial score (nSPS) is 15.8. The van der Waals surface area contributed by atoms with Crippen molar-refractivity contribution >= 4 is 23.3 Å². The first kappa shape index (κ1) is 15.3. The van der Waals surface area contributed by atoms with Crippen LogP contribution in [0.2, 0.25) is 0 Å². The molecule has 0 bridgehead atoms. The van der Waals surface area contributed by atoms with Gasteiger partial charge in [-0.05, 0) is 13.3 Å². The average Bonchev–Trinajstić information content (AvgIpc) is 2.88. The number of halogens is 1. The number of rotatable bonds is 6. The van der Waals surface area contributed by atoms with Gasteiger partial charge < -0.3 is 15.6 Å². The fraction of sp³-hybridized carbons (Fsp3) is 0.500. The summed E-state index contributed by atoms with van der Waals surface area (Å²) in [5.74, 6) is -0.120. The lowest BCUT2D eigenvalue weighted by Gasteiger charge is -2.23. The van der Waals surface area contributed by atoms with Gasteiger partial charge in [-0.1, -0.05) is 6.92 Å². The molecule has 2 rings (SSSR count). The van der Waals surface area contributed by atoms with Crippen LogP contribution in [0, 0.1) is 0 Å². The summed E-state index contributed by atoms with van der Waals surface area (Å²) in [6, 6.07) is 0. The van der Waals surface area contributed by atoms with Crippen molar-refractivity contribution in [1.29, 1.82) is 0 Å². The number of nitrogens with zero attached hydrogens (tertiary/aromatic N) is 4. The minimum Gasteiger partial charge on any atom is -0.382 e. The summed E-state index contributed by atoms with van der Waals surface area (Å²) in [7, 11) is 0. The van der Waals surface area contributed by atoms with Crippen LogP contribution in [0.4, 0.5) is 10.2 Å². The van der Waals surface area contributed by atoms with E-state index in [1.807, 2.05) is 0 Å². The van der Waals surface area contributed by atoms with Gasteiger partial charge in [-0.25, -0.2) is 19.3 Å². The molecule has 0 aliphatic heterocycles. The smallest absolute Gasteiger partial charge is 0.196 e. The Morgan fingerprint density at radius 3 is 2.86 bits per heavy atom. The number of anilines is 1. The second-order valence-electron chi connectivity index (χ2n) is 4.48. The first-order chi connectivity index (χ1) is 9.97. The lowest BCUT2D eigenvalue weighted by Crippen LogP contribution is -2.26. The lowest BCUT2D eigenvalue weighted by atomic mass is 10.3. The van der Waals surface area contributed by atoms with Crippen molar-refractivity contribution in [1.82, 2.24) is 19.5 Å². The highest BCUT2D eigenvalue weighted by Gasteiger charge is 2.25. The molecule has 2 aromatic rings. The van der Waals surface area contributed by atoms with E-state index in [-0.39, 0.29) is 22.8 Å². The third kappa shape index (κ3) is 2.98. The summed E-state index contributed by atoms with van der Waals surface area (Å²) in [5, 5.41) is 9.57. The van der Waals surface area contributed by atoms with Crippen molar-refractivity contribution in [3.63, 3.8) is 0 Å². The van der Waals surface area contributed by atoms with Crippen LogP contribution < -0.4 is 5.73 Å². The Labute approximate surface area is 119 Å². The molecular formula is C12H16FN5O3. The van der Waals surface area contributed by atoms with E-state index in [1.165, 1.54) is 17.8 Å². The molecule has 9 heteroatoms. The summed E-state index contributed by atoms with van der Waals surface area (Å²) in [5.41, 5.74) is 6.09. The molecule has 2 aromatic heterocycles. The van der Waals surface area contributed by atoms with E-state index in [0.29, 0.717) is 12.7 Å². The van der Waals surface area contributed by atoms with Gasteiger partial charge in [-0.15, -0.1) is 0 Å². The number of ether oxygens (including phenoxy) is 1. The van der Waals surface area contributed by atoms with Crippen LogP contribution in [0.3, 0.4) is 0 Å². The Hall–Kier alpha value is -2.13. The fourth-order valence-corrected chi connectivity index (χ4v) is 1.85. The van der Waals surface area contributed by atoms with Gasteiger partial charge in [-0.2, -0.15) is 0 Å². The SMILES string of the molecule is CCC(O)O[C@H]([C@H](C)F)n1cnc2c(N)nc(C=O)nc21.